The average Bonchev–Trinajstić information content (AvgIpc) is 2.95. The lowest BCUT2D eigenvalue weighted by atomic mass is 10.3. The van der Waals surface area contributed by atoms with Crippen LogP contribution in [0, 0.1) is 0 Å². The van der Waals surface area contributed by atoms with Crippen molar-refractivity contribution in [3.05, 3.63) is 46.4 Å². The Balaban J connectivity index is 1.61. The Morgan fingerprint density at radius 3 is 2.88 bits per heavy atom. The van der Waals surface area contributed by atoms with E-state index in [4.69, 9.17) is 27.9 Å². The molecule has 2 N–H and O–H groups in total. The lowest BCUT2D eigenvalue weighted by Gasteiger charge is -2.07. The zero-order chi connectivity index (χ0) is 17.1. The van der Waals surface area contributed by atoms with Crippen LogP contribution >= 0.6 is 35.0 Å². The number of H-pyrrole nitrogens is 1. The molecular formula is C16H13Cl2N3O2S. The molecule has 1 amide bonds. The van der Waals surface area contributed by atoms with E-state index >= 15 is 0 Å². The minimum Gasteiger partial charge on any atom is -0.495 e. The van der Waals surface area contributed by atoms with Gasteiger partial charge in [-0.2, -0.15) is 0 Å². The van der Waals surface area contributed by atoms with Crippen molar-refractivity contribution in [2.24, 2.45) is 0 Å². The minimum atomic E-state index is -0.153. The SMILES string of the molecule is COc1ccc(NC(=O)CSc2nc3ccc(Cl)cc3[nH]2)cc1Cl. The van der Waals surface area contributed by atoms with Crippen molar-refractivity contribution in [3.63, 3.8) is 0 Å². The molecule has 1 heterocycles. The van der Waals surface area contributed by atoms with Gasteiger partial charge in [0.05, 0.1) is 28.9 Å². The molecule has 0 unspecified atom stereocenters. The predicted octanol–water partition coefficient (Wildman–Crippen LogP) is 4.61. The third-order valence-electron chi connectivity index (χ3n) is 3.20. The first-order valence-electron chi connectivity index (χ1n) is 6.96. The number of aromatic nitrogens is 2. The molecule has 0 spiro atoms. The van der Waals surface area contributed by atoms with Gasteiger partial charge in [0.1, 0.15) is 5.75 Å². The smallest absolute Gasteiger partial charge is 0.234 e. The van der Waals surface area contributed by atoms with E-state index in [0.717, 1.165) is 11.0 Å². The summed E-state index contributed by atoms with van der Waals surface area (Å²) in [6, 6.07) is 10.5. The highest BCUT2D eigenvalue weighted by Gasteiger charge is 2.09. The number of amides is 1. The molecule has 0 aliphatic carbocycles. The van der Waals surface area contributed by atoms with Crippen LogP contribution < -0.4 is 10.1 Å². The Kier molecular flexibility index (Phi) is 5.18. The van der Waals surface area contributed by atoms with Crippen molar-refractivity contribution >= 4 is 57.6 Å². The summed E-state index contributed by atoms with van der Waals surface area (Å²) in [6.45, 7) is 0. The summed E-state index contributed by atoms with van der Waals surface area (Å²) in [5.74, 6) is 0.627. The summed E-state index contributed by atoms with van der Waals surface area (Å²) in [5.41, 5.74) is 2.26. The number of halogens is 2. The van der Waals surface area contributed by atoms with Crippen LogP contribution in [0.3, 0.4) is 0 Å². The monoisotopic (exact) mass is 381 g/mol. The van der Waals surface area contributed by atoms with E-state index in [1.54, 1.807) is 30.3 Å². The molecule has 0 radical (unpaired) electrons. The number of anilines is 1. The number of methoxy groups -OCH3 is 1. The molecule has 0 aliphatic rings. The molecule has 3 rings (SSSR count). The van der Waals surface area contributed by atoms with E-state index in [-0.39, 0.29) is 11.7 Å². The van der Waals surface area contributed by atoms with Gasteiger partial charge in [-0.1, -0.05) is 35.0 Å². The first kappa shape index (κ1) is 17.0. The van der Waals surface area contributed by atoms with E-state index in [9.17, 15) is 4.79 Å². The van der Waals surface area contributed by atoms with Crippen molar-refractivity contribution < 1.29 is 9.53 Å². The number of aromatic amines is 1. The number of ether oxygens (including phenoxy) is 1. The van der Waals surface area contributed by atoms with E-state index in [1.165, 1.54) is 18.9 Å². The fourth-order valence-corrected chi connectivity index (χ4v) is 3.22. The molecule has 5 nitrogen and oxygen atoms in total. The first-order valence-corrected chi connectivity index (χ1v) is 8.71. The first-order chi connectivity index (χ1) is 11.5. The molecule has 1 aromatic heterocycles. The second-order valence-electron chi connectivity index (χ2n) is 4.89. The zero-order valence-corrected chi connectivity index (χ0v) is 14.9. The van der Waals surface area contributed by atoms with Crippen molar-refractivity contribution in [1.82, 2.24) is 9.97 Å². The van der Waals surface area contributed by atoms with Crippen LogP contribution in [0.25, 0.3) is 11.0 Å². The highest BCUT2D eigenvalue weighted by atomic mass is 35.5. The van der Waals surface area contributed by atoms with Crippen LogP contribution in [0.2, 0.25) is 10.0 Å². The topological polar surface area (TPSA) is 67.0 Å². The molecule has 0 bridgehead atoms. The number of hydrogen-bond donors (Lipinski definition) is 2. The molecule has 0 saturated carbocycles. The molecule has 0 atom stereocenters. The van der Waals surface area contributed by atoms with Crippen LogP contribution in [0.1, 0.15) is 0 Å². The third kappa shape index (κ3) is 3.95. The summed E-state index contributed by atoms with van der Waals surface area (Å²) in [7, 11) is 1.54. The van der Waals surface area contributed by atoms with Gasteiger partial charge in [0.15, 0.2) is 5.16 Å². The number of nitrogens with one attached hydrogen (secondary N) is 2. The minimum absolute atomic E-state index is 0.153. The van der Waals surface area contributed by atoms with Crippen molar-refractivity contribution in [3.8, 4) is 5.75 Å². The molecular weight excluding hydrogens is 369 g/mol. The second-order valence-corrected chi connectivity index (χ2v) is 6.70. The third-order valence-corrected chi connectivity index (χ3v) is 4.60. The van der Waals surface area contributed by atoms with Crippen LogP contribution in [0.5, 0.6) is 5.75 Å². The Morgan fingerprint density at radius 2 is 2.12 bits per heavy atom. The number of fused-ring (bicyclic) bond motifs is 1. The zero-order valence-electron chi connectivity index (χ0n) is 12.6. The molecule has 124 valence electrons. The molecule has 0 saturated heterocycles. The lowest BCUT2D eigenvalue weighted by molar-refractivity contribution is -0.113. The van der Waals surface area contributed by atoms with Gasteiger partial charge in [0.25, 0.3) is 0 Å². The van der Waals surface area contributed by atoms with Crippen molar-refractivity contribution in [2.75, 3.05) is 18.2 Å². The highest BCUT2D eigenvalue weighted by molar-refractivity contribution is 7.99. The maximum absolute atomic E-state index is 12.1. The molecule has 24 heavy (non-hydrogen) atoms. The van der Waals surface area contributed by atoms with Gasteiger partial charge in [-0.25, -0.2) is 4.98 Å². The van der Waals surface area contributed by atoms with Gasteiger partial charge < -0.3 is 15.0 Å². The molecule has 0 fully saturated rings. The number of imidazole rings is 1. The van der Waals surface area contributed by atoms with Crippen molar-refractivity contribution in [1.29, 1.82) is 0 Å². The summed E-state index contributed by atoms with van der Waals surface area (Å²) in [5, 5.41) is 4.52. The number of benzene rings is 2. The standard InChI is InChI=1S/C16H13Cl2N3O2S/c1-23-14-5-3-10(7-11(14)18)19-15(22)8-24-16-20-12-4-2-9(17)6-13(12)21-16/h2-7H,8H2,1H3,(H,19,22)(H,20,21). The number of nitrogens with zero attached hydrogens (tertiary/aromatic N) is 1. The van der Waals surface area contributed by atoms with E-state index in [1.807, 2.05) is 6.07 Å². The molecule has 0 aliphatic heterocycles. The molecule has 2 aromatic carbocycles. The Morgan fingerprint density at radius 1 is 1.29 bits per heavy atom. The Labute approximate surface area is 152 Å². The number of rotatable bonds is 5. The maximum atomic E-state index is 12.1. The van der Waals surface area contributed by atoms with Gasteiger partial charge in [-0.3, -0.25) is 4.79 Å². The Bertz CT molecular complexity index is 898. The normalized spacial score (nSPS) is 10.8. The maximum Gasteiger partial charge on any atom is 0.234 e. The largest absolute Gasteiger partial charge is 0.495 e. The summed E-state index contributed by atoms with van der Waals surface area (Å²) < 4.78 is 5.08. The van der Waals surface area contributed by atoms with Crippen LogP contribution in [0.15, 0.2) is 41.6 Å². The van der Waals surface area contributed by atoms with Gasteiger partial charge in [0, 0.05) is 10.7 Å². The predicted molar refractivity (Wildman–Crippen MR) is 98.5 cm³/mol. The molecule has 3 aromatic rings. The van der Waals surface area contributed by atoms with E-state index in [0.29, 0.717) is 26.6 Å². The van der Waals surface area contributed by atoms with Crippen LogP contribution in [-0.4, -0.2) is 28.7 Å². The summed E-state index contributed by atoms with van der Waals surface area (Å²) in [6.07, 6.45) is 0. The van der Waals surface area contributed by atoms with Gasteiger partial charge in [-0.05, 0) is 36.4 Å². The average molecular weight is 382 g/mol. The van der Waals surface area contributed by atoms with Gasteiger partial charge in [0.2, 0.25) is 5.91 Å². The number of hydrogen-bond acceptors (Lipinski definition) is 4. The number of carbonyl (C=O) groups excluding carboxylic acids is 1. The van der Waals surface area contributed by atoms with E-state index in [2.05, 4.69) is 15.3 Å². The van der Waals surface area contributed by atoms with Gasteiger partial charge >= 0.3 is 0 Å². The summed E-state index contributed by atoms with van der Waals surface area (Å²) >= 11 is 13.3. The second kappa shape index (κ2) is 7.34. The van der Waals surface area contributed by atoms with Crippen molar-refractivity contribution in [2.45, 2.75) is 5.16 Å². The fourth-order valence-electron chi connectivity index (χ4n) is 2.10. The highest BCUT2D eigenvalue weighted by Crippen LogP contribution is 2.27. The van der Waals surface area contributed by atoms with Crippen LogP contribution in [0.4, 0.5) is 5.69 Å². The summed E-state index contributed by atoms with van der Waals surface area (Å²) in [4.78, 5) is 19.6. The lowest BCUT2D eigenvalue weighted by Crippen LogP contribution is -2.14. The molecule has 8 heteroatoms. The van der Waals surface area contributed by atoms with E-state index < -0.39 is 0 Å². The van der Waals surface area contributed by atoms with Crippen LogP contribution in [-0.2, 0) is 4.79 Å². The van der Waals surface area contributed by atoms with Gasteiger partial charge in [-0.15, -0.1) is 0 Å². The number of carbonyl (C=O) groups is 1. The quantitative estimate of drug-likeness (QED) is 0.633. The number of thioether (sulfide) groups is 1. The Hall–Kier alpha value is -1.89. The fraction of sp³-hybridized carbons (Fsp3) is 0.125.